The fraction of sp³-hybridized carbons (Fsp3) is 0.269. The van der Waals surface area contributed by atoms with Crippen molar-refractivity contribution in [2.24, 2.45) is 0 Å². The SMILES string of the molecule is CCc1cccc(CC)c1NC(=O)CN(c1ccc(OC)c(OC)c1)S(=O)(=O)c1ccccc1. The zero-order valence-corrected chi connectivity index (χ0v) is 20.7. The van der Waals surface area contributed by atoms with Crippen LogP contribution >= 0.6 is 0 Å². The third-order valence-corrected chi connectivity index (χ3v) is 7.32. The van der Waals surface area contributed by atoms with Crippen LogP contribution in [-0.2, 0) is 27.7 Å². The van der Waals surface area contributed by atoms with Crippen molar-refractivity contribution in [1.29, 1.82) is 0 Å². The Morgan fingerprint density at radius 1 is 0.853 bits per heavy atom. The molecular weight excluding hydrogens is 452 g/mol. The monoisotopic (exact) mass is 482 g/mol. The van der Waals surface area contributed by atoms with Crippen LogP contribution in [0.4, 0.5) is 11.4 Å². The molecule has 1 amide bonds. The molecule has 0 aliphatic rings. The molecule has 0 atom stereocenters. The van der Waals surface area contributed by atoms with Gasteiger partial charge in [-0.3, -0.25) is 9.10 Å². The van der Waals surface area contributed by atoms with E-state index in [4.69, 9.17) is 9.47 Å². The minimum Gasteiger partial charge on any atom is -0.493 e. The summed E-state index contributed by atoms with van der Waals surface area (Å²) >= 11 is 0. The number of hydrogen-bond acceptors (Lipinski definition) is 5. The van der Waals surface area contributed by atoms with Crippen molar-refractivity contribution >= 4 is 27.3 Å². The lowest BCUT2D eigenvalue weighted by Gasteiger charge is -2.25. The van der Waals surface area contributed by atoms with E-state index in [2.05, 4.69) is 5.32 Å². The van der Waals surface area contributed by atoms with Crippen molar-refractivity contribution in [2.45, 2.75) is 31.6 Å². The van der Waals surface area contributed by atoms with Gasteiger partial charge in [-0.15, -0.1) is 0 Å². The lowest BCUT2D eigenvalue weighted by atomic mass is 10.0. The topological polar surface area (TPSA) is 84.9 Å². The summed E-state index contributed by atoms with van der Waals surface area (Å²) in [5.41, 5.74) is 3.02. The number of carbonyl (C=O) groups is 1. The highest BCUT2D eigenvalue weighted by atomic mass is 32.2. The molecule has 0 saturated carbocycles. The molecule has 0 aliphatic heterocycles. The zero-order chi connectivity index (χ0) is 24.7. The number of para-hydroxylation sites is 1. The van der Waals surface area contributed by atoms with E-state index in [0.29, 0.717) is 11.5 Å². The number of methoxy groups -OCH3 is 2. The van der Waals surface area contributed by atoms with E-state index >= 15 is 0 Å². The Kier molecular flexibility index (Phi) is 8.17. The van der Waals surface area contributed by atoms with Gasteiger partial charge in [0.15, 0.2) is 11.5 Å². The average molecular weight is 483 g/mol. The van der Waals surface area contributed by atoms with Gasteiger partial charge >= 0.3 is 0 Å². The van der Waals surface area contributed by atoms with Crippen molar-refractivity contribution < 1.29 is 22.7 Å². The highest BCUT2D eigenvalue weighted by Gasteiger charge is 2.28. The van der Waals surface area contributed by atoms with Crippen LogP contribution in [0.2, 0.25) is 0 Å². The second-order valence-electron chi connectivity index (χ2n) is 7.57. The number of amides is 1. The smallest absolute Gasteiger partial charge is 0.264 e. The second kappa shape index (κ2) is 11.1. The molecule has 0 saturated heterocycles. The van der Waals surface area contributed by atoms with Crippen molar-refractivity contribution in [1.82, 2.24) is 0 Å². The normalized spacial score (nSPS) is 11.1. The summed E-state index contributed by atoms with van der Waals surface area (Å²) in [6.07, 6.45) is 1.48. The number of sulfonamides is 1. The molecule has 0 fully saturated rings. The summed E-state index contributed by atoms with van der Waals surface area (Å²) in [6, 6.07) is 18.7. The number of anilines is 2. The van der Waals surface area contributed by atoms with E-state index in [9.17, 15) is 13.2 Å². The molecule has 34 heavy (non-hydrogen) atoms. The molecule has 0 unspecified atom stereocenters. The first-order valence-corrected chi connectivity index (χ1v) is 12.5. The molecule has 1 N–H and O–H groups in total. The van der Waals surface area contributed by atoms with Crippen molar-refractivity contribution in [2.75, 3.05) is 30.4 Å². The number of nitrogens with one attached hydrogen (secondary N) is 1. The van der Waals surface area contributed by atoms with Crippen LogP contribution in [0.1, 0.15) is 25.0 Å². The summed E-state index contributed by atoms with van der Waals surface area (Å²) in [7, 11) is -1.07. The number of carbonyl (C=O) groups excluding carboxylic acids is 1. The maximum absolute atomic E-state index is 13.6. The maximum atomic E-state index is 13.6. The van der Waals surface area contributed by atoms with Crippen LogP contribution in [-0.4, -0.2) is 35.1 Å². The highest BCUT2D eigenvalue weighted by Crippen LogP contribution is 2.34. The van der Waals surface area contributed by atoms with E-state index in [-0.39, 0.29) is 10.6 Å². The molecule has 0 aliphatic carbocycles. The van der Waals surface area contributed by atoms with Gasteiger partial charge in [-0.25, -0.2) is 8.42 Å². The molecular formula is C26H30N2O5S. The van der Waals surface area contributed by atoms with Crippen LogP contribution in [0.3, 0.4) is 0 Å². The van der Waals surface area contributed by atoms with Crippen LogP contribution in [0.25, 0.3) is 0 Å². The number of hydrogen-bond donors (Lipinski definition) is 1. The minimum atomic E-state index is -4.04. The first-order valence-electron chi connectivity index (χ1n) is 11.1. The summed E-state index contributed by atoms with van der Waals surface area (Å²) in [5.74, 6) is 0.375. The summed E-state index contributed by atoms with van der Waals surface area (Å²) in [6.45, 7) is 3.62. The largest absolute Gasteiger partial charge is 0.493 e. The lowest BCUT2D eigenvalue weighted by molar-refractivity contribution is -0.114. The van der Waals surface area contributed by atoms with Crippen LogP contribution < -0.4 is 19.1 Å². The quantitative estimate of drug-likeness (QED) is 0.454. The molecule has 0 heterocycles. The standard InChI is InChI=1S/C26H30N2O5S/c1-5-19-11-10-12-20(6-2)26(19)27-25(29)18-28(34(30,31)22-13-8-7-9-14-22)21-15-16-23(32-3)24(17-21)33-4/h7-17H,5-6,18H2,1-4H3,(H,27,29). The Morgan fingerprint density at radius 2 is 1.47 bits per heavy atom. The first-order chi connectivity index (χ1) is 16.3. The summed E-state index contributed by atoms with van der Waals surface area (Å²) in [4.78, 5) is 13.3. The van der Waals surface area contributed by atoms with Gasteiger partial charge in [0.2, 0.25) is 5.91 Å². The minimum absolute atomic E-state index is 0.0841. The van der Waals surface area contributed by atoms with E-state index in [0.717, 1.165) is 34.0 Å². The Morgan fingerprint density at radius 3 is 2.03 bits per heavy atom. The molecule has 0 bridgehead atoms. The Balaban J connectivity index is 2.03. The third-order valence-electron chi connectivity index (χ3n) is 5.54. The Hall–Kier alpha value is -3.52. The van der Waals surface area contributed by atoms with Gasteiger partial charge in [0, 0.05) is 11.8 Å². The van der Waals surface area contributed by atoms with Gasteiger partial charge in [0.25, 0.3) is 10.0 Å². The van der Waals surface area contributed by atoms with E-state index in [1.165, 1.54) is 26.4 Å². The van der Waals surface area contributed by atoms with Gasteiger partial charge in [-0.2, -0.15) is 0 Å². The molecule has 3 aromatic carbocycles. The summed E-state index contributed by atoms with van der Waals surface area (Å²) < 4.78 is 38.9. The molecule has 7 nitrogen and oxygen atoms in total. The van der Waals surface area contributed by atoms with Crippen LogP contribution in [0.5, 0.6) is 11.5 Å². The fourth-order valence-electron chi connectivity index (χ4n) is 3.73. The molecule has 8 heteroatoms. The van der Waals surface area contributed by atoms with Crippen molar-refractivity contribution in [3.63, 3.8) is 0 Å². The van der Waals surface area contributed by atoms with Gasteiger partial charge in [-0.05, 0) is 48.2 Å². The number of rotatable bonds is 10. The number of ether oxygens (including phenoxy) is 2. The van der Waals surface area contributed by atoms with Crippen molar-refractivity contribution in [3.05, 3.63) is 77.9 Å². The zero-order valence-electron chi connectivity index (χ0n) is 19.9. The fourth-order valence-corrected chi connectivity index (χ4v) is 5.16. The predicted octanol–water partition coefficient (Wildman–Crippen LogP) is 4.66. The van der Waals surface area contributed by atoms with E-state index < -0.39 is 22.5 Å². The molecule has 0 radical (unpaired) electrons. The lowest BCUT2D eigenvalue weighted by Crippen LogP contribution is -2.38. The number of nitrogens with zero attached hydrogens (tertiary/aromatic N) is 1. The summed E-state index contributed by atoms with van der Waals surface area (Å²) in [5, 5.41) is 2.95. The van der Waals surface area contributed by atoms with Crippen molar-refractivity contribution in [3.8, 4) is 11.5 Å². The van der Waals surface area contributed by atoms with Gasteiger partial charge < -0.3 is 14.8 Å². The predicted molar refractivity (Wildman–Crippen MR) is 134 cm³/mol. The molecule has 0 aromatic heterocycles. The molecule has 3 rings (SSSR count). The average Bonchev–Trinajstić information content (AvgIpc) is 2.87. The van der Waals surface area contributed by atoms with E-state index in [1.807, 2.05) is 32.0 Å². The maximum Gasteiger partial charge on any atom is 0.264 e. The Labute approximate surface area is 201 Å². The van der Waals surface area contributed by atoms with Gasteiger partial charge in [0.1, 0.15) is 6.54 Å². The molecule has 0 spiro atoms. The third kappa shape index (κ3) is 5.34. The molecule has 3 aromatic rings. The first kappa shape index (κ1) is 25.1. The van der Waals surface area contributed by atoms with Crippen LogP contribution in [0, 0.1) is 0 Å². The van der Waals surface area contributed by atoms with Gasteiger partial charge in [-0.1, -0.05) is 50.2 Å². The Bertz CT molecular complexity index is 1220. The second-order valence-corrected chi connectivity index (χ2v) is 9.43. The number of aryl methyl sites for hydroxylation is 2. The molecule has 180 valence electrons. The van der Waals surface area contributed by atoms with E-state index in [1.54, 1.807) is 36.4 Å². The highest BCUT2D eigenvalue weighted by molar-refractivity contribution is 7.92. The van der Waals surface area contributed by atoms with Gasteiger partial charge in [0.05, 0.1) is 24.8 Å². The number of benzene rings is 3. The van der Waals surface area contributed by atoms with Crippen LogP contribution in [0.15, 0.2) is 71.6 Å².